The van der Waals surface area contributed by atoms with Crippen LogP contribution in [0, 0.1) is 5.92 Å². The minimum atomic E-state index is -0.0754. The van der Waals surface area contributed by atoms with Crippen LogP contribution in [0.2, 0.25) is 0 Å². The van der Waals surface area contributed by atoms with Crippen LogP contribution < -0.4 is 14.2 Å². The molecule has 0 radical (unpaired) electrons. The van der Waals surface area contributed by atoms with Crippen molar-refractivity contribution in [2.45, 2.75) is 20.3 Å². The van der Waals surface area contributed by atoms with Gasteiger partial charge in [0, 0.05) is 37.3 Å². The maximum absolute atomic E-state index is 13.0. The molecule has 1 aliphatic rings. The summed E-state index contributed by atoms with van der Waals surface area (Å²) in [5.41, 5.74) is 1.16. The van der Waals surface area contributed by atoms with E-state index in [-0.39, 0.29) is 11.8 Å². The summed E-state index contributed by atoms with van der Waals surface area (Å²) in [4.78, 5) is 29.3. The summed E-state index contributed by atoms with van der Waals surface area (Å²) in [5.74, 6) is 2.34. The van der Waals surface area contributed by atoms with Crippen molar-refractivity contribution in [3.63, 3.8) is 0 Å². The van der Waals surface area contributed by atoms with E-state index in [1.54, 1.807) is 66.5 Å². The summed E-state index contributed by atoms with van der Waals surface area (Å²) in [6, 6.07) is 12.3. The number of amides is 2. The zero-order valence-corrected chi connectivity index (χ0v) is 19.3. The van der Waals surface area contributed by atoms with Gasteiger partial charge in [0.1, 0.15) is 5.75 Å². The molecule has 32 heavy (non-hydrogen) atoms. The highest BCUT2D eigenvalue weighted by Crippen LogP contribution is 2.29. The lowest BCUT2D eigenvalue weighted by Crippen LogP contribution is -2.50. The molecular weight excluding hydrogens is 408 g/mol. The predicted molar refractivity (Wildman–Crippen MR) is 123 cm³/mol. The van der Waals surface area contributed by atoms with Crippen LogP contribution in [0.5, 0.6) is 17.2 Å². The Hall–Kier alpha value is -3.22. The van der Waals surface area contributed by atoms with Gasteiger partial charge in [-0.1, -0.05) is 13.8 Å². The van der Waals surface area contributed by atoms with Crippen molar-refractivity contribution in [2.24, 2.45) is 5.92 Å². The average Bonchev–Trinajstić information content (AvgIpc) is 2.83. The third kappa shape index (κ3) is 5.72. The molecule has 0 spiro atoms. The molecule has 2 amide bonds. The number of ether oxygens (including phenoxy) is 3. The number of nitrogens with zero attached hydrogens (tertiary/aromatic N) is 2. The summed E-state index contributed by atoms with van der Waals surface area (Å²) < 4.78 is 16.4. The van der Waals surface area contributed by atoms with Gasteiger partial charge in [0.15, 0.2) is 11.5 Å². The zero-order chi connectivity index (χ0) is 23.1. The van der Waals surface area contributed by atoms with Crippen molar-refractivity contribution in [1.82, 2.24) is 9.80 Å². The molecule has 2 aromatic rings. The molecule has 0 bridgehead atoms. The fraction of sp³-hybridized carbons (Fsp3) is 0.440. The van der Waals surface area contributed by atoms with Crippen molar-refractivity contribution in [1.29, 1.82) is 0 Å². The van der Waals surface area contributed by atoms with Gasteiger partial charge in [-0.25, -0.2) is 0 Å². The summed E-state index contributed by atoms with van der Waals surface area (Å²) in [6.07, 6.45) is 0.948. The van der Waals surface area contributed by atoms with Gasteiger partial charge in [0.2, 0.25) is 0 Å². The number of benzene rings is 2. The quantitative estimate of drug-likeness (QED) is 0.626. The Bertz CT molecular complexity index is 918. The maximum Gasteiger partial charge on any atom is 0.254 e. The van der Waals surface area contributed by atoms with E-state index in [2.05, 4.69) is 13.8 Å². The maximum atomic E-state index is 13.0. The molecule has 0 aliphatic carbocycles. The Kier molecular flexibility index (Phi) is 7.98. The normalized spacial score (nSPS) is 13.8. The van der Waals surface area contributed by atoms with E-state index in [1.807, 2.05) is 0 Å². The highest BCUT2D eigenvalue weighted by atomic mass is 16.5. The molecule has 0 saturated carbocycles. The minimum absolute atomic E-state index is 0.0377. The lowest BCUT2D eigenvalue weighted by atomic mass is 10.1. The SMILES string of the molecule is COc1ccc(C(=O)N2CCN(C(=O)c3ccc(OCCC(C)C)c(OC)c3)CC2)cc1. The Morgan fingerprint density at radius 1 is 0.812 bits per heavy atom. The highest BCUT2D eigenvalue weighted by Gasteiger charge is 2.26. The first-order chi connectivity index (χ1) is 15.4. The van der Waals surface area contributed by atoms with Crippen LogP contribution in [0.3, 0.4) is 0 Å². The molecule has 1 fully saturated rings. The first-order valence-corrected chi connectivity index (χ1v) is 11.0. The van der Waals surface area contributed by atoms with Crippen molar-refractivity contribution >= 4 is 11.8 Å². The Balaban J connectivity index is 1.59. The largest absolute Gasteiger partial charge is 0.497 e. The molecule has 7 heteroatoms. The number of hydrogen-bond acceptors (Lipinski definition) is 5. The van der Waals surface area contributed by atoms with Gasteiger partial charge in [-0.3, -0.25) is 9.59 Å². The van der Waals surface area contributed by atoms with Crippen LogP contribution in [-0.4, -0.2) is 68.6 Å². The van der Waals surface area contributed by atoms with E-state index in [1.165, 1.54) is 0 Å². The Morgan fingerprint density at radius 3 is 1.91 bits per heavy atom. The van der Waals surface area contributed by atoms with Crippen LogP contribution in [-0.2, 0) is 0 Å². The van der Waals surface area contributed by atoms with E-state index in [0.717, 1.165) is 6.42 Å². The lowest BCUT2D eigenvalue weighted by Gasteiger charge is -2.35. The Labute approximate surface area is 189 Å². The van der Waals surface area contributed by atoms with Crippen molar-refractivity contribution in [3.05, 3.63) is 53.6 Å². The van der Waals surface area contributed by atoms with Gasteiger partial charge in [-0.15, -0.1) is 0 Å². The second-order valence-corrected chi connectivity index (χ2v) is 8.21. The number of hydrogen-bond donors (Lipinski definition) is 0. The fourth-order valence-electron chi connectivity index (χ4n) is 3.54. The van der Waals surface area contributed by atoms with Gasteiger partial charge in [0.25, 0.3) is 11.8 Å². The smallest absolute Gasteiger partial charge is 0.254 e. The molecule has 7 nitrogen and oxygen atoms in total. The van der Waals surface area contributed by atoms with Crippen LogP contribution in [0.1, 0.15) is 41.0 Å². The van der Waals surface area contributed by atoms with E-state index >= 15 is 0 Å². The molecule has 1 saturated heterocycles. The van der Waals surface area contributed by atoms with Gasteiger partial charge < -0.3 is 24.0 Å². The molecule has 1 heterocycles. The summed E-state index contributed by atoms with van der Waals surface area (Å²) in [6.45, 7) is 6.84. The number of methoxy groups -OCH3 is 2. The topological polar surface area (TPSA) is 68.3 Å². The molecular formula is C25H32N2O5. The van der Waals surface area contributed by atoms with Crippen molar-refractivity contribution in [3.8, 4) is 17.2 Å². The fourth-order valence-corrected chi connectivity index (χ4v) is 3.54. The van der Waals surface area contributed by atoms with Gasteiger partial charge in [-0.05, 0) is 54.8 Å². The number of rotatable bonds is 8. The van der Waals surface area contributed by atoms with Gasteiger partial charge >= 0.3 is 0 Å². The van der Waals surface area contributed by atoms with Crippen LogP contribution in [0.15, 0.2) is 42.5 Å². The summed E-state index contributed by atoms with van der Waals surface area (Å²) in [5, 5.41) is 0. The summed E-state index contributed by atoms with van der Waals surface area (Å²) >= 11 is 0. The molecule has 0 unspecified atom stereocenters. The number of piperazine rings is 1. The number of carbonyl (C=O) groups excluding carboxylic acids is 2. The zero-order valence-electron chi connectivity index (χ0n) is 19.3. The molecule has 0 atom stereocenters. The van der Waals surface area contributed by atoms with E-state index in [4.69, 9.17) is 14.2 Å². The second kappa shape index (κ2) is 10.9. The molecule has 2 aromatic carbocycles. The molecule has 3 rings (SSSR count). The van der Waals surface area contributed by atoms with Crippen molar-refractivity contribution in [2.75, 3.05) is 47.0 Å². The van der Waals surface area contributed by atoms with Gasteiger partial charge in [-0.2, -0.15) is 0 Å². The van der Waals surface area contributed by atoms with Gasteiger partial charge in [0.05, 0.1) is 20.8 Å². The predicted octanol–water partition coefficient (Wildman–Crippen LogP) is 3.73. The van der Waals surface area contributed by atoms with Crippen LogP contribution >= 0.6 is 0 Å². The molecule has 0 N–H and O–H groups in total. The lowest BCUT2D eigenvalue weighted by molar-refractivity contribution is 0.0535. The third-order valence-electron chi connectivity index (χ3n) is 5.55. The monoisotopic (exact) mass is 440 g/mol. The van der Waals surface area contributed by atoms with Crippen molar-refractivity contribution < 1.29 is 23.8 Å². The summed E-state index contributed by atoms with van der Waals surface area (Å²) in [7, 11) is 3.17. The third-order valence-corrected chi connectivity index (χ3v) is 5.55. The van der Waals surface area contributed by atoms with E-state index in [9.17, 15) is 9.59 Å². The van der Waals surface area contributed by atoms with E-state index in [0.29, 0.717) is 67.1 Å². The minimum Gasteiger partial charge on any atom is -0.497 e. The number of carbonyl (C=O) groups is 2. The molecule has 172 valence electrons. The second-order valence-electron chi connectivity index (χ2n) is 8.21. The standard InChI is InChI=1S/C25H32N2O5/c1-18(2)11-16-32-22-10-7-20(17-23(22)31-4)25(29)27-14-12-26(13-15-27)24(28)19-5-8-21(30-3)9-6-19/h5-10,17-18H,11-16H2,1-4H3. The Morgan fingerprint density at radius 2 is 1.38 bits per heavy atom. The first kappa shape index (κ1) is 23.4. The van der Waals surface area contributed by atoms with E-state index < -0.39 is 0 Å². The van der Waals surface area contributed by atoms with Crippen LogP contribution in [0.4, 0.5) is 0 Å². The van der Waals surface area contributed by atoms with Crippen LogP contribution in [0.25, 0.3) is 0 Å². The first-order valence-electron chi connectivity index (χ1n) is 11.0. The molecule has 0 aromatic heterocycles. The highest BCUT2D eigenvalue weighted by molar-refractivity contribution is 5.96. The molecule has 1 aliphatic heterocycles. The average molecular weight is 441 g/mol.